The monoisotopic (exact) mass is 391 g/mol. The van der Waals surface area contributed by atoms with Gasteiger partial charge in [-0.15, -0.1) is 0 Å². The summed E-state index contributed by atoms with van der Waals surface area (Å²) in [5, 5.41) is 26.5. The van der Waals surface area contributed by atoms with Gasteiger partial charge in [-0.2, -0.15) is 5.10 Å². The molecule has 0 unspecified atom stereocenters. The highest BCUT2D eigenvalue weighted by molar-refractivity contribution is 6.00. The SMILES string of the molecule is O=[N+]([O-])c1ccc(N/N=C(/CCc2ccccc2)c2cccnc2)c([N+](=O)[O-])c1. The van der Waals surface area contributed by atoms with Crippen LogP contribution in [0.15, 0.2) is 78.2 Å². The first-order chi connectivity index (χ1) is 14.0. The molecule has 0 atom stereocenters. The van der Waals surface area contributed by atoms with Gasteiger partial charge in [0.25, 0.3) is 5.69 Å². The standard InChI is InChI=1S/C20H17N5O4/c26-24(27)17-9-11-19(20(13-17)25(28)29)23-22-18(16-7-4-12-21-14-16)10-8-15-5-2-1-3-6-15/h1-7,9,11-14,23H,8,10H2/b22-18-. The normalized spacial score (nSPS) is 11.1. The number of nitro benzene ring substituents is 2. The van der Waals surface area contributed by atoms with Gasteiger partial charge in [-0.1, -0.05) is 36.4 Å². The number of nitro groups is 2. The number of hydrogen-bond acceptors (Lipinski definition) is 7. The van der Waals surface area contributed by atoms with Gasteiger partial charge >= 0.3 is 5.69 Å². The summed E-state index contributed by atoms with van der Waals surface area (Å²) in [6.07, 6.45) is 4.60. The summed E-state index contributed by atoms with van der Waals surface area (Å²) in [6, 6.07) is 16.9. The molecule has 1 heterocycles. The van der Waals surface area contributed by atoms with Crippen LogP contribution in [0, 0.1) is 20.2 Å². The highest BCUT2D eigenvalue weighted by atomic mass is 16.6. The summed E-state index contributed by atoms with van der Waals surface area (Å²) >= 11 is 0. The summed E-state index contributed by atoms with van der Waals surface area (Å²) in [5.41, 5.74) is 4.55. The molecule has 0 bridgehead atoms. The molecular weight excluding hydrogens is 374 g/mol. The van der Waals surface area contributed by atoms with Crippen molar-refractivity contribution < 1.29 is 9.85 Å². The van der Waals surface area contributed by atoms with Crippen molar-refractivity contribution in [2.45, 2.75) is 12.8 Å². The molecule has 0 aliphatic heterocycles. The Bertz CT molecular complexity index is 1040. The third-order valence-corrected chi connectivity index (χ3v) is 4.19. The highest BCUT2D eigenvalue weighted by Gasteiger charge is 2.19. The van der Waals surface area contributed by atoms with Crippen LogP contribution in [0.1, 0.15) is 17.5 Å². The van der Waals surface area contributed by atoms with Gasteiger partial charge in [0.2, 0.25) is 0 Å². The topological polar surface area (TPSA) is 124 Å². The second kappa shape index (κ2) is 9.18. The Morgan fingerprint density at radius 2 is 1.79 bits per heavy atom. The fourth-order valence-electron chi connectivity index (χ4n) is 2.71. The molecule has 0 saturated heterocycles. The van der Waals surface area contributed by atoms with Crippen molar-refractivity contribution in [2.75, 3.05) is 5.43 Å². The Morgan fingerprint density at radius 3 is 2.45 bits per heavy atom. The van der Waals surface area contributed by atoms with Gasteiger partial charge < -0.3 is 0 Å². The zero-order valence-corrected chi connectivity index (χ0v) is 15.3. The molecule has 0 fully saturated rings. The summed E-state index contributed by atoms with van der Waals surface area (Å²) in [7, 11) is 0. The molecule has 0 aliphatic carbocycles. The second-order valence-electron chi connectivity index (χ2n) is 6.11. The minimum Gasteiger partial charge on any atom is -0.271 e. The zero-order chi connectivity index (χ0) is 20.6. The zero-order valence-electron chi connectivity index (χ0n) is 15.3. The first kappa shape index (κ1) is 19.6. The Balaban J connectivity index is 1.88. The van der Waals surface area contributed by atoms with Crippen molar-refractivity contribution in [1.82, 2.24) is 4.98 Å². The van der Waals surface area contributed by atoms with E-state index in [2.05, 4.69) is 15.5 Å². The average Bonchev–Trinajstić information content (AvgIpc) is 2.75. The predicted molar refractivity (Wildman–Crippen MR) is 109 cm³/mol. The molecule has 29 heavy (non-hydrogen) atoms. The number of aromatic nitrogens is 1. The van der Waals surface area contributed by atoms with Gasteiger partial charge in [-0.3, -0.25) is 30.6 Å². The van der Waals surface area contributed by atoms with Gasteiger partial charge in [0.05, 0.1) is 21.6 Å². The number of aryl methyl sites for hydroxylation is 1. The lowest BCUT2D eigenvalue weighted by Crippen LogP contribution is -2.07. The number of pyridine rings is 1. The molecular formula is C20H17N5O4. The number of nitrogens with one attached hydrogen (secondary N) is 1. The molecule has 3 rings (SSSR count). The van der Waals surface area contributed by atoms with Gasteiger partial charge in [-0.05, 0) is 30.5 Å². The first-order valence-corrected chi connectivity index (χ1v) is 8.74. The summed E-state index contributed by atoms with van der Waals surface area (Å²) in [5.74, 6) is 0. The molecule has 1 N–H and O–H groups in total. The molecule has 0 aliphatic rings. The van der Waals surface area contributed by atoms with E-state index in [1.807, 2.05) is 36.4 Å². The van der Waals surface area contributed by atoms with Crippen molar-refractivity contribution in [3.05, 3.63) is 104 Å². The fourth-order valence-corrected chi connectivity index (χ4v) is 2.71. The number of benzene rings is 2. The Hall–Kier alpha value is -4.14. The maximum atomic E-state index is 11.3. The van der Waals surface area contributed by atoms with E-state index >= 15 is 0 Å². The molecule has 146 valence electrons. The van der Waals surface area contributed by atoms with E-state index in [1.54, 1.807) is 18.5 Å². The lowest BCUT2D eigenvalue weighted by Gasteiger charge is -2.08. The van der Waals surface area contributed by atoms with Crippen LogP contribution in [-0.2, 0) is 6.42 Å². The Morgan fingerprint density at radius 1 is 1.00 bits per heavy atom. The van der Waals surface area contributed by atoms with E-state index in [9.17, 15) is 20.2 Å². The largest absolute Gasteiger partial charge is 0.301 e. The predicted octanol–water partition coefficient (Wildman–Crippen LogP) is 4.35. The van der Waals surface area contributed by atoms with Crippen LogP contribution in [0.5, 0.6) is 0 Å². The Labute approximate surface area is 166 Å². The van der Waals surface area contributed by atoms with Crippen LogP contribution in [0.2, 0.25) is 0 Å². The molecule has 0 amide bonds. The third kappa shape index (κ3) is 5.19. The molecule has 2 aromatic carbocycles. The number of hydrazone groups is 1. The second-order valence-corrected chi connectivity index (χ2v) is 6.11. The van der Waals surface area contributed by atoms with E-state index in [-0.39, 0.29) is 11.4 Å². The molecule has 3 aromatic rings. The van der Waals surface area contributed by atoms with E-state index in [0.717, 1.165) is 23.6 Å². The Kier molecular flexibility index (Phi) is 6.21. The van der Waals surface area contributed by atoms with Crippen LogP contribution < -0.4 is 5.43 Å². The van der Waals surface area contributed by atoms with Crippen LogP contribution in [0.25, 0.3) is 0 Å². The van der Waals surface area contributed by atoms with Gasteiger partial charge in [0, 0.05) is 24.0 Å². The van der Waals surface area contributed by atoms with Crippen molar-refractivity contribution in [1.29, 1.82) is 0 Å². The molecule has 9 nitrogen and oxygen atoms in total. The van der Waals surface area contributed by atoms with Crippen LogP contribution >= 0.6 is 0 Å². The number of anilines is 1. The van der Waals surface area contributed by atoms with Crippen LogP contribution in [0.3, 0.4) is 0 Å². The molecule has 1 aromatic heterocycles. The van der Waals surface area contributed by atoms with E-state index in [0.29, 0.717) is 12.1 Å². The van der Waals surface area contributed by atoms with E-state index in [1.165, 1.54) is 12.1 Å². The lowest BCUT2D eigenvalue weighted by molar-refractivity contribution is -0.393. The molecule has 9 heteroatoms. The fraction of sp³-hybridized carbons (Fsp3) is 0.100. The van der Waals surface area contributed by atoms with E-state index in [4.69, 9.17) is 0 Å². The quantitative estimate of drug-likeness (QED) is 0.346. The maximum Gasteiger partial charge on any atom is 0.301 e. The lowest BCUT2D eigenvalue weighted by atomic mass is 10.0. The highest BCUT2D eigenvalue weighted by Crippen LogP contribution is 2.29. The third-order valence-electron chi connectivity index (χ3n) is 4.19. The molecule has 0 spiro atoms. The smallest absolute Gasteiger partial charge is 0.271 e. The summed E-state index contributed by atoms with van der Waals surface area (Å²) in [6.45, 7) is 0. The number of non-ortho nitro benzene ring substituents is 1. The molecule has 0 saturated carbocycles. The maximum absolute atomic E-state index is 11.3. The van der Waals surface area contributed by atoms with Gasteiger partial charge in [-0.25, -0.2) is 0 Å². The van der Waals surface area contributed by atoms with E-state index < -0.39 is 15.5 Å². The summed E-state index contributed by atoms with van der Waals surface area (Å²) in [4.78, 5) is 24.9. The minimum absolute atomic E-state index is 0.0710. The number of hydrogen-bond donors (Lipinski definition) is 1. The summed E-state index contributed by atoms with van der Waals surface area (Å²) < 4.78 is 0. The molecule has 0 radical (unpaired) electrons. The van der Waals surface area contributed by atoms with Crippen molar-refractivity contribution in [2.24, 2.45) is 5.10 Å². The van der Waals surface area contributed by atoms with Crippen molar-refractivity contribution in [3.63, 3.8) is 0 Å². The number of rotatable bonds is 8. The first-order valence-electron chi connectivity index (χ1n) is 8.74. The van der Waals surface area contributed by atoms with Crippen molar-refractivity contribution in [3.8, 4) is 0 Å². The van der Waals surface area contributed by atoms with Gasteiger partial charge in [0.1, 0.15) is 5.69 Å². The number of nitrogens with zero attached hydrogens (tertiary/aromatic N) is 4. The van der Waals surface area contributed by atoms with Crippen molar-refractivity contribution >= 4 is 22.8 Å². The van der Waals surface area contributed by atoms with Crippen LogP contribution in [-0.4, -0.2) is 20.5 Å². The van der Waals surface area contributed by atoms with Crippen LogP contribution in [0.4, 0.5) is 17.1 Å². The van der Waals surface area contributed by atoms with Gasteiger partial charge in [0.15, 0.2) is 0 Å². The minimum atomic E-state index is -0.682. The average molecular weight is 391 g/mol.